The Bertz CT molecular complexity index is 817. The molecule has 1 saturated heterocycles. The molecule has 0 spiro atoms. The SMILES string of the molecule is COc1ccc([C@H](CNC(=O)c2ccc(C(C)(C)C)cc2)N2CCN(C)CC2)cc1. The Morgan fingerprint density at radius 3 is 2.13 bits per heavy atom. The number of benzene rings is 2. The molecule has 2 aromatic rings. The van der Waals surface area contributed by atoms with Crippen LogP contribution in [-0.2, 0) is 5.41 Å². The highest BCUT2D eigenvalue weighted by Crippen LogP contribution is 2.25. The van der Waals surface area contributed by atoms with E-state index in [0.29, 0.717) is 12.1 Å². The predicted molar refractivity (Wildman–Crippen MR) is 122 cm³/mol. The van der Waals surface area contributed by atoms with Gasteiger partial charge in [-0.25, -0.2) is 0 Å². The first-order chi connectivity index (χ1) is 14.3. The van der Waals surface area contributed by atoms with Crippen LogP contribution in [0.5, 0.6) is 5.75 Å². The van der Waals surface area contributed by atoms with Crippen LogP contribution in [0.15, 0.2) is 48.5 Å². The summed E-state index contributed by atoms with van der Waals surface area (Å²) >= 11 is 0. The average Bonchev–Trinajstić information content (AvgIpc) is 2.75. The van der Waals surface area contributed by atoms with E-state index in [2.05, 4.69) is 67.2 Å². The van der Waals surface area contributed by atoms with Gasteiger partial charge in [-0.2, -0.15) is 0 Å². The van der Waals surface area contributed by atoms with Crippen molar-refractivity contribution >= 4 is 5.91 Å². The number of amides is 1. The van der Waals surface area contributed by atoms with E-state index in [1.807, 2.05) is 24.3 Å². The number of hydrogen-bond donors (Lipinski definition) is 1. The Labute approximate surface area is 181 Å². The van der Waals surface area contributed by atoms with Gasteiger partial charge in [0.2, 0.25) is 0 Å². The molecule has 1 N–H and O–H groups in total. The summed E-state index contributed by atoms with van der Waals surface area (Å²) in [6.07, 6.45) is 0. The molecular weight excluding hydrogens is 374 g/mol. The maximum Gasteiger partial charge on any atom is 0.251 e. The number of rotatable bonds is 6. The standard InChI is InChI=1S/C25H35N3O2/c1-25(2,3)21-10-6-20(7-11-21)24(29)26-18-23(28-16-14-27(4)15-17-28)19-8-12-22(30-5)13-9-19/h6-13,23H,14-18H2,1-5H3,(H,26,29)/t23-/m0/s1. The summed E-state index contributed by atoms with van der Waals surface area (Å²) in [6, 6.07) is 16.3. The minimum absolute atomic E-state index is 0.0249. The second-order valence-corrected chi connectivity index (χ2v) is 9.17. The number of carbonyl (C=O) groups excluding carboxylic acids is 1. The topological polar surface area (TPSA) is 44.8 Å². The molecule has 0 aliphatic carbocycles. The smallest absolute Gasteiger partial charge is 0.251 e. The molecule has 0 bridgehead atoms. The van der Waals surface area contributed by atoms with Crippen LogP contribution in [0, 0.1) is 0 Å². The maximum atomic E-state index is 12.8. The molecule has 1 heterocycles. The number of carbonyl (C=O) groups is 1. The Morgan fingerprint density at radius 2 is 1.60 bits per heavy atom. The summed E-state index contributed by atoms with van der Waals surface area (Å²) in [5, 5.41) is 3.17. The molecule has 1 amide bonds. The normalized spacial score (nSPS) is 16.8. The molecule has 30 heavy (non-hydrogen) atoms. The fourth-order valence-corrected chi connectivity index (χ4v) is 3.83. The monoisotopic (exact) mass is 409 g/mol. The molecule has 3 rings (SSSR count). The van der Waals surface area contributed by atoms with E-state index in [9.17, 15) is 4.79 Å². The molecular formula is C25H35N3O2. The molecule has 0 saturated carbocycles. The van der Waals surface area contributed by atoms with Crippen LogP contribution in [0.2, 0.25) is 0 Å². The highest BCUT2D eigenvalue weighted by Gasteiger charge is 2.25. The van der Waals surface area contributed by atoms with Gasteiger partial charge in [-0.15, -0.1) is 0 Å². The molecule has 1 atom stereocenters. The summed E-state index contributed by atoms with van der Waals surface area (Å²) in [7, 11) is 3.83. The van der Waals surface area contributed by atoms with Gasteiger partial charge < -0.3 is 15.0 Å². The van der Waals surface area contributed by atoms with Gasteiger partial charge in [0.15, 0.2) is 0 Å². The molecule has 0 radical (unpaired) electrons. The van der Waals surface area contributed by atoms with Crippen molar-refractivity contribution in [3.63, 3.8) is 0 Å². The molecule has 1 fully saturated rings. The second kappa shape index (κ2) is 9.63. The van der Waals surface area contributed by atoms with E-state index >= 15 is 0 Å². The first-order valence-corrected chi connectivity index (χ1v) is 10.7. The number of nitrogens with zero attached hydrogens (tertiary/aromatic N) is 2. The maximum absolute atomic E-state index is 12.8. The van der Waals surface area contributed by atoms with Crippen LogP contribution in [0.3, 0.4) is 0 Å². The third kappa shape index (κ3) is 5.61. The number of methoxy groups -OCH3 is 1. The van der Waals surface area contributed by atoms with Crippen LogP contribution in [0.4, 0.5) is 0 Å². The molecule has 1 aliphatic rings. The highest BCUT2D eigenvalue weighted by molar-refractivity contribution is 5.94. The average molecular weight is 410 g/mol. The van der Waals surface area contributed by atoms with Crippen molar-refractivity contribution in [1.82, 2.24) is 15.1 Å². The van der Waals surface area contributed by atoms with E-state index in [1.54, 1.807) is 7.11 Å². The fraction of sp³-hybridized carbons (Fsp3) is 0.480. The van der Waals surface area contributed by atoms with Crippen molar-refractivity contribution in [3.8, 4) is 5.75 Å². The van der Waals surface area contributed by atoms with Gasteiger partial charge in [-0.05, 0) is 47.9 Å². The van der Waals surface area contributed by atoms with E-state index in [4.69, 9.17) is 4.74 Å². The molecule has 162 valence electrons. The van der Waals surface area contributed by atoms with Crippen LogP contribution < -0.4 is 10.1 Å². The lowest BCUT2D eigenvalue weighted by atomic mass is 9.87. The first-order valence-electron chi connectivity index (χ1n) is 10.7. The first kappa shape index (κ1) is 22.3. The molecule has 5 nitrogen and oxygen atoms in total. The van der Waals surface area contributed by atoms with Gasteiger partial charge in [0.1, 0.15) is 5.75 Å². The Hall–Kier alpha value is -2.37. The highest BCUT2D eigenvalue weighted by atomic mass is 16.5. The van der Waals surface area contributed by atoms with E-state index in [0.717, 1.165) is 31.9 Å². The Balaban J connectivity index is 1.71. The summed E-state index contributed by atoms with van der Waals surface area (Å²) < 4.78 is 5.31. The zero-order valence-corrected chi connectivity index (χ0v) is 18.9. The lowest BCUT2D eigenvalue weighted by Gasteiger charge is -2.38. The third-order valence-corrected chi connectivity index (χ3v) is 5.95. The van der Waals surface area contributed by atoms with Crippen LogP contribution >= 0.6 is 0 Å². The van der Waals surface area contributed by atoms with Gasteiger partial charge in [0.25, 0.3) is 5.91 Å². The molecule has 0 aromatic heterocycles. The minimum Gasteiger partial charge on any atom is -0.497 e. The Morgan fingerprint density at radius 1 is 1.00 bits per heavy atom. The predicted octanol–water partition coefficient (Wildman–Crippen LogP) is 3.71. The fourth-order valence-electron chi connectivity index (χ4n) is 3.83. The van der Waals surface area contributed by atoms with Crippen molar-refractivity contribution in [2.75, 3.05) is 46.9 Å². The molecule has 0 unspecified atom stereocenters. The van der Waals surface area contributed by atoms with Crippen molar-refractivity contribution in [2.24, 2.45) is 0 Å². The zero-order valence-electron chi connectivity index (χ0n) is 18.9. The van der Waals surface area contributed by atoms with Crippen molar-refractivity contribution < 1.29 is 9.53 Å². The lowest BCUT2D eigenvalue weighted by molar-refractivity contribution is 0.0886. The second-order valence-electron chi connectivity index (χ2n) is 9.17. The van der Waals surface area contributed by atoms with Crippen LogP contribution in [0.1, 0.15) is 48.3 Å². The number of ether oxygens (including phenoxy) is 1. The summed E-state index contributed by atoms with van der Waals surface area (Å²) in [5.74, 6) is 0.821. The third-order valence-electron chi connectivity index (χ3n) is 5.95. The molecule has 5 heteroatoms. The van der Waals surface area contributed by atoms with Crippen molar-refractivity contribution in [3.05, 3.63) is 65.2 Å². The van der Waals surface area contributed by atoms with Gasteiger partial charge in [0.05, 0.1) is 13.2 Å². The van der Waals surface area contributed by atoms with Crippen LogP contribution in [-0.4, -0.2) is 62.6 Å². The van der Waals surface area contributed by atoms with Gasteiger partial charge in [-0.1, -0.05) is 45.0 Å². The minimum atomic E-state index is -0.0249. The lowest BCUT2D eigenvalue weighted by Crippen LogP contribution is -2.48. The quantitative estimate of drug-likeness (QED) is 0.790. The number of nitrogens with one attached hydrogen (secondary N) is 1. The van der Waals surface area contributed by atoms with E-state index < -0.39 is 0 Å². The van der Waals surface area contributed by atoms with Crippen LogP contribution in [0.25, 0.3) is 0 Å². The van der Waals surface area contributed by atoms with Crippen molar-refractivity contribution in [1.29, 1.82) is 0 Å². The Kier molecular flexibility index (Phi) is 7.16. The largest absolute Gasteiger partial charge is 0.497 e. The molecule has 1 aliphatic heterocycles. The number of likely N-dealkylation sites (N-methyl/N-ethyl adjacent to an activating group) is 1. The zero-order chi connectivity index (χ0) is 21.7. The van der Waals surface area contributed by atoms with Crippen molar-refractivity contribution in [2.45, 2.75) is 32.2 Å². The van der Waals surface area contributed by atoms with Gasteiger partial charge >= 0.3 is 0 Å². The van der Waals surface area contributed by atoms with E-state index in [1.165, 1.54) is 11.1 Å². The van der Waals surface area contributed by atoms with Gasteiger partial charge in [-0.3, -0.25) is 9.69 Å². The van der Waals surface area contributed by atoms with Gasteiger partial charge in [0, 0.05) is 38.3 Å². The summed E-state index contributed by atoms with van der Waals surface area (Å²) in [4.78, 5) is 17.6. The summed E-state index contributed by atoms with van der Waals surface area (Å²) in [6.45, 7) is 11.2. The number of piperazine rings is 1. The molecule has 2 aromatic carbocycles. The van der Waals surface area contributed by atoms with E-state index in [-0.39, 0.29) is 17.4 Å². The summed E-state index contributed by atoms with van der Waals surface area (Å²) in [5.41, 5.74) is 3.21. The number of hydrogen-bond acceptors (Lipinski definition) is 4.